The molecule has 0 aliphatic rings. The molecule has 0 spiro atoms. The predicted octanol–water partition coefficient (Wildman–Crippen LogP) is 7.16. The first kappa shape index (κ1) is 23.7. The Bertz CT molecular complexity index is 1490. The smallest absolute Gasteiger partial charge is 0.255 e. The lowest BCUT2D eigenvalue weighted by molar-refractivity contribution is -0.115. The summed E-state index contributed by atoms with van der Waals surface area (Å²) in [6, 6.07) is 29.9. The van der Waals surface area contributed by atoms with Gasteiger partial charge in [0.1, 0.15) is 11.1 Å². The summed E-state index contributed by atoms with van der Waals surface area (Å²) < 4.78 is 14.2. The van der Waals surface area contributed by atoms with Gasteiger partial charge in [-0.2, -0.15) is 0 Å². The molecule has 0 saturated carbocycles. The summed E-state index contributed by atoms with van der Waals surface area (Å²) in [5.41, 5.74) is 2.62. The zero-order chi connectivity index (χ0) is 24.9. The van der Waals surface area contributed by atoms with Crippen LogP contribution in [0.2, 0.25) is 0 Å². The van der Waals surface area contributed by atoms with Crippen LogP contribution in [-0.4, -0.2) is 16.8 Å². The number of amides is 2. The number of nitrogens with one attached hydrogen (secondary N) is 2. The van der Waals surface area contributed by atoms with Gasteiger partial charge < -0.3 is 10.6 Å². The minimum absolute atomic E-state index is 0.189. The molecule has 5 nitrogen and oxygen atoms in total. The Morgan fingerprint density at radius 1 is 0.833 bits per heavy atom. The molecule has 1 unspecified atom stereocenters. The fourth-order valence-electron chi connectivity index (χ4n) is 3.59. The summed E-state index contributed by atoms with van der Waals surface area (Å²) in [6.07, 6.45) is 0. The van der Waals surface area contributed by atoms with Crippen LogP contribution in [0.15, 0.2) is 108 Å². The van der Waals surface area contributed by atoms with Crippen LogP contribution in [0.1, 0.15) is 21.2 Å². The van der Waals surface area contributed by atoms with Gasteiger partial charge in [0.05, 0.1) is 10.2 Å². The van der Waals surface area contributed by atoms with Gasteiger partial charge in [-0.1, -0.05) is 59.9 Å². The molecule has 4 aromatic carbocycles. The van der Waals surface area contributed by atoms with Crippen LogP contribution in [0, 0.1) is 5.82 Å². The van der Waals surface area contributed by atoms with Crippen molar-refractivity contribution in [3.8, 4) is 0 Å². The monoisotopic (exact) mass is 513 g/mol. The molecule has 0 aliphatic heterocycles. The summed E-state index contributed by atoms with van der Waals surface area (Å²) >= 11 is 2.81. The maximum Gasteiger partial charge on any atom is 0.255 e. The third-order valence-electron chi connectivity index (χ3n) is 5.32. The number of nitrogens with zero attached hydrogens (tertiary/aromatic N) is 1. The van der Waals surface area contributed by atoms with Crippen LogP contribution in [0.25, 0.3) is 10.2 Å². The van der Waals surface area contributed by atoms with Crippen LogP contribution in [0.3, 0.4) is 0 Å². The molecule has 5 aromatic rings. The first-order valence-electron chi connectivity index (χ1n) is 11.1. The molecule has 2 amide bonds. The molecule has 0 saturated heterocycles. The molecule has 1 atom stereocenters. The summed E-state index contributed by atoms with van der Waals surface area (Å²) in [5, 5.41) is 5.81. The van der Waals surface area contributed by atoms with Crippen molar-refractivity contribution < 1.29 is 14.0 Å². The SMILES string of the molecule is O=C(Nc1cccc(SC(C(=O)Nc2nc3ccccc3s2)c2ccccc2)c1)c1ccc(F)cc1. The predicted molar refractivity (Wildman–Crippen MR) is 144 cm³/mol. The van der Waals surface area contributed by atoms with Crippen LogP contribution < -0.4 is 10.6 Å². The van der Waals surface area contributed by atoms with Gasteiger partial charge >= 0.3 is 0 Å². The number of thiazole rings is 1. The molecule has 0 bridgehead atoms. The molecule has 1 heterocycles. The highest BCUT2D eigenvalue weighted by Crippen LogP contribution is 2.38. The Morgan fingerprint density at radius 3 is 2.36 bits per heavy atom. The number of anilines is 2. The molecule has 8 heteroatoms. The van der Waals surface area contributed by atoms with Crippen molar-refractivity contribution >= 4 is 55.9 Å². The minimum atomic E-state index is -0.540. The summed E-state index contributed by atoms with van der Waals surface area (Å²) in [5.74, 6) is -0.933. The second kappa shape index (κ2) is 10.7. The van der Waals surface area contributed by atoms with E-state index in [0.717, 1.165) is 20.7 Å². The summed E-state index contributed by atoms with van der Waals surface area (Å²) in [7, 11) is 0. The maximum atomic E-state index is 13.4. The van der Waals surface area contributed by atoms with E-state index in [1.165, 1.54) is 47.4 Å². The normalized spacial score (nSPS) is 11.7. The second-order valence-corrected chi connectivity index (χ2v) is 10.1. The molecule has 0 fully saturated rings. The lowest BCUT2D eigenvalue weighted by Crippen LogP contribution is -2.19. The minimum Gasteiger partial charge on any atom is -0.322 e. The fourth-order valence-corrected chi connectivity index (χ4v) is 5.54. The van der Waals surface area contributed by atoms with E-state index < -0.39 is 11.1 Å². The van der Waals surface area contributed by atoms with Gasteiger partial charge in [-0.25, -0.2) is 9.37 Å². The first-order valence-corrected chi connectivity index (χ1v) is 12.8. The second-order valence-electron chi connectivity index (χ2n) is 7.87. The molecule has 2 N–H and O–H groups in total. The number of para-hydroxylation sites is 1. The average molecular weight is 514 g/mol. The van der Waals surface area contributed by atoms with Crippen molar-refractivity contribution in [1.82, 2.24) is 4.98 Å². The molecule has 1 aromatic heterocycles. The zero-order valence-corrected chi connectivity index (χ0v) is 20.5. The maximum absolute atomic E-state index is 13.4. The average Bonchev–Trinajstić information content (AvgIpc) is 3.30. The number of benzene rings is 4. The van der Waals surface area contributed by atoms with Gasteiger partial charge in [-0.05, 0) is 60.2 Å². The standard InChI is InChI=1S/C28H20FN3O2S2/c29-20-15-13-19(14-16-20)26(33)30-21-9-6-10-22(17-21)35-25(18-7-2-1-3-8-18)27(34)32-28-31-23-11-4-5-12-24(23)36-28/h1-17,25H,(H,30,33)(H,31,32,34). The third-order valence-corrected chi connectivity index (χ3v) is 7.52. The van der Waals surface area contributed by atoms with E-state index in [2.05, 4.69) is 15.6 Å². The number of fused-ring (bicyclic) bond motifs is 1. The largest absolute Gasteiger partial charge is 0.322 e. The Labute approximate surface area is 215 Å². The number of hydrogen-bond acceptors (Lipinski definition) is 5. The highest BCUT2D eigenvalue weighted by Gasteiger charge is 2.23. The number of hydrogen-bond donors (Lipinski definition) is 2. The molecule has 5 rings (SSSR count). The highest BCUT2D eigenvalue weighted by molar-refractivity contribution is 8.00. The van der Waals surface area contributed by atoms with E-state index in [0.29, 0.717) is 16.4 Å². The number of rotatable bonds is 7. The van der Waals surface area contributed by atoms with Crippen LogP contribution in [-0.2, 0) is 4.79 Å². The summed E-state index contributed by atoms with van der Waals surface area (Å²) in [4.78, 5) is 31.3. The van der Waals surface area contributed by atoms with Crippen LogP contribution in [0.5, 0.6) is 0 Å². The molecule has 0 aliphatic carbocycles. The van der Waals surface area contributed by atoms with Crippen molar-refractivity contribution in [2.75, 3.05) is 10.6 Å². The van der Waals surface area contributed by atoms with E-state index in [1.54, 1.807) is 6.07 Å². The van der Waals surface area contributed by atoms with Crippen molar-refractivity contribution in [2.24, 2.45) is 0 Å². The third kappa shape index (κ3) is 5.62. The van der Waals surface area contributed by atoms with Gasteiger partial charge in [0.15, 0.2) is 5.13 Å². The van der Waals surface area contributed by atoms with E-state index in [9.17, 15) is 14.0 Å². The van der Waals surface area contributed by atoms with Gasteiger partial charge in [-0.3, -0.25) is 9.59 Å². The lowest BCUT2D eigenvalue weighted by atomic mass is 10.1. The Balaban J connectivity index is 1.36. The fraction of sp³-hybridized carbons (Fsp3) is 0.0357. The van der Waals surface area contributed by atoms with Crippen molar-refractivity contribution in [3.05, 3.63) is 120 Å². The van der Waals surface area contributed by atoms with Gasteiger partial charge in [-0.15, -0.1) is 11.8 Å². The number of halogens is 1. The first-order chi connectivity index (χ1) is 17.5. The number of carbonyl (C=O) groups is 2. The van der Waals surface area contributed by atoms with Crippen molar-refractivity contribution in [1.29, 1.82) is 0 Å². The Kier molecular flexibility index (Phi) is 7.06. The lowest BCUT2D eigenvalue weighted by Gasteiger charge is -2.17. The van der Waals surface area contributed by atoms with Gasteiger partial charge in [0.25, 0.3) is 5.91 Å². The van der Waals surface area contributed by atoms with Crippen LogP contribution >= 0.6 is 23.1 Å². The van der Waals surface area contributed by atoms with Gasteiger partial charge in [0.2, 0.25) is 5.91 Å². The Hall–Kier alpha value is -4.01. The summed E-state index contributed by atoms with van der Waals surface area (Å²) in [6.45, 7) is 0. The van der Waals surface area contributed by atoms with E-state index >= 15 is 0 Å². The Morgan fingerprint density at radius 2 is 1.58 bits per heavy atom. The molecular formula is C28H20FN3O2S2. The van der Waals surface area contributed by atoms with Crippen LogP contribution in [0.4, 0.5) is 15.2 Å². The van der Waals surface area contributed by atoms with Crippen molar-refractivity contribution in [2.45, 2.75) is 10.1 Å². The van der Waals surface area contributed by atoms with E-state index in [4.69, 9.17) is 0 Å². The number of aromatic nitrogens is 1. The highest BCUT2D eigenvalue weighted by atomic mass is 32.2. The van der Waals surface area contributed by atoms with Crippen molar-refractivity contribution in [3.63, 3.8) is 0 Å². The molecular weight excluding hydrogens is 493 g/mol. The number of carbonyl (C=O) groups excluding carboxylic acids is 2. The molecule has 0 radical (unpaired) electrons. The van der Waals surface area contributed by atoms with Gasteiger partial charge in [0, 0.05) is 16.1 Å². The van der Waals surface area contributed by atoms with E-state index in [-0.39, 0.29) is 11.8 Å². The topological polar surface area (TPSA) is 71.1 Å². The number of thioether (sulfide) groups is 1. The quantitative estimate of drug-likeness (QED) is 0.227. The van der Waals surface area contributed by atoms with E-state index in [1.807, 2.05) is 72.8 Å². The molecule has 178 valence electrons. The molecule has 36 heavy (non-hydrogen) atoms. The zero-order valence-electron chi connectivity index (χ0n) is 18.9.